The molecule has 3 heterocycles. The molecule has 1 fully saturated rings. The molecule has 4 rings (SSSR count). The van der Waals surface area contributed by atoms with Gasteiger partial charge in [-0.05, 0) is 67.6 Å². The van der Waals surface area contributed by atoms with Crippen LogP contribution in [0.1, 0.15) is 35.0 Å². The van der Waals surface area contributed by atoms with Crippen molar-refractivity contribution in [3.05, 3.63) is 64.6 Å². The first-order valence-corrected chi connectivity index (χ1v) is 10.7. The van der Waals surface area contributed by atoms with Gasteiger partial charge in [-0.1, -0.05) is 6.07 Å². The summed E-state index contributed by atoms with van der Waals surface area (Å²) in [4.78, 5) is 27.5. The Morgan fingerprint density at radius 1 is 1.28 bits per heavy atom. The molecule has 0 spiro atoms. The third-order valence-corrected chi connectivity index (χ3v) is 6.25. The van der Waals surface area contributed by atoms with Crippen molar-refractivity contribution in [3.63, 3.8) is 0 Å². The fourth-order valence-corrected chi connectivity index (χ4v) is 4.51. The van der Waals surface area contributed by atoms with Crippen LogP contribution in [0.2, 0.25) is 0 Å². The van der Waals surface area contributed by atoms with E-state index in [2.05, 4.69) is 15.3 Å². The molecule has 0 saturated carbocycles. The van der Waals surface area contributed by atoms with E-state index in [9.17, 15) is 9.59 Å². The predicted molar refractivity (Wildman–Crippen MR) is 115 cm³/mol. The number of hydrogen-bond donors (Lipinski definition) is 1. The highest BCUT2D eigenvalue weighted by Crippen LogP contribution is 2.23. The highest BCUT2D eigenvalue weighted by Gasteiger charge is 2.26. The Hall–Kier alpha value is -2.77. The largest absolute Gasteiger partial charge is 0.326 e. The summed E-state index contributed by atoms with van der Waals surface area (Å²) in [5, 5.41) is 9.35. The van der Waals surface area contributed by atoms with Crippen molar-refractivity contribution < 1.29 is 9.59 Å². The number of Topliss-reactive ketones (excluding diaryl/α,β-unsaturated/α-hetero) is 1. The number of likely N-dealkylation sites (tertiary alicyclic amines) is 1. The molecular weight excluding hydrogens is 384 g/mol. The topological polar surface area (TPSA) is 67.2 Å². The molecule has 1 saturated heterocycles. The SMILES string of the molecule is CC(=O)c1cc(CN2CCCC(C(=O)Nc3cccc(-n4cccn4)c3)C2)cs1. The summed E-state index contributed by atoms with van der Waals surface area (Å²) in [5.74, 6) is 0.125. The minimum atomic E-state index is -0.0389. The molecule has 3 aromatic rings. The minimum Gasteiger partial charge on any atom is -0.326 e. The normalized spacial score (nSPS) is 17.2. The number of nitrogens with zero attached hydrogens (tertiary/aromatic N) is 3. The van der Waals surface area contributed by atoms with Crippen molar-refractivity contribution in [3.8, 4) is 5.69 Å². The van der Waals surface area contributed by atoms with Crippen LogP contribution in [0.4, 0.5) is 5.69 Å². The van der Waals surface area contributed by atoms with Crippen LogP contribution in [-0.2, 0) is 11.3 Å². The monoisotopic (exact) mass is 408 g/mol. The second-order valence-electron chi connectivity index (χ2n) is 7.44. The number of aromatic nitrogens is 2. The number of hydrogen-bond acceptors (Lipinski definition) is 5. The first kappa shape index (κ1) is 19.5. The molecule has 1 amide bonds. The van der Waals surface area contributed by atoms with Gasteiger partial charge in [0.1, 0.15) is 0 Å². The fraction of sp³-hybridized carbons (Fsp3) is 0.318. The Morgan fingerprint density at radius 3 is 2.93 bits per heavy atom. The van der Waals surface area contributed by atoms with Crippen molar-refractivity contribution in [2.45, 2.75) is 26.3 Å². The van der Waals surface area contributed by atoms with Crippen molar-refractivity contribution in [2.75, 3.05) is 18.4 Å². The van der Waals surface area contributed by atoms with E-state index in [0.29, 0.717) is 0 Å². The second kappa shape index (κ2) is 8.71. The molecule has 7 heteroatoms. The lowest BCUT2D eigenvalue weighted by atomic mass is 9.96. The lowest BCUT2D eigenvalue weighted by Crippen LogP contribution is -2.40. The van der Waals surface area contributed by atoms with E-state index < -0.39 is 0 Å². The molecule has 2 aromatic heterocycles. The average molecular weight is 409 g/mol. The van der Waals surface area contributed by atoms with Crippen molar-refractivity contribution in [1.82, 2.24) is 14.7 Å². The number of thiophene rings is 1. The van der Waals surface area contributed by atoms with Crippen LogP contribution in [0.3, 0.4) is 0 Å². The van der Waals surface area contributed by atoms with Gasteiger partial charge in [0, 0.05) is 31.2 Å². The summed E-state index contributed by atoms with van der Waals surface area (Å²) in [5.41, 5.74) is 2.84. The zero-order valence-corrected chi connectivity index (χ0v) is 17.2. The average Bonchev–Trinajstić information content (AvgIpc) is 3.41. The lowest BCUT2D eigenvalue weighted by Gasteiger charge is -2.31. The van der Waals surface area contributed by atoms with E-state index in [1.165, 1.54) is 11.3 Å². The lowest BCUT2D eigenvalue weighted by molar-refractivity contribution is -0.121. The molecule has 0 bridgehead atoms. The van der Waals surface area contributed by atoms with Gasteiger partial charge in [-0.2, -0.15) is 5.10 Å². The molecule has 0 radical (unpaired) electrons. The third kappa shape index (κ3) is 4.81. The maximum atomic E-state index is 12.9. The Kier molecular flexibility index (Phi) is 5.87. The number of rotatable bonds is 6. The van der Waals surface area contributed by atoms with Gasteiger partial charge < -0.3 is 5.32 Å². The van der Waals surface area contributed by atoms with Crippen molar-refractivity contribution in [1.29, 1.82) is 0 Å². The zero-order valence-electron chi connectivity index (χ0n) is 16.4. The zero-order chi connectivity index (χ0) is 20.2. The van der Waals surface area contributed by atoms with Crippen LogP contribution in [0.5, 0.6) is 0 Å². The molecular formula is C22H24N4O2S. The van der Waals surface area contributed by atoms with Gasteiger partial charge in [0.05, 0.1) is 16.5 Å². The van der Waals surface area contributed by atoms with Gasteiger partial charge in [0.25, 0.3) is 0 Å². The molecule has 1 N–H and O–H groups in total. The minimum absolute atomic E-state index is 0.0389. The number of ketones is 1. The Labute approximate surface area is 174 Å². The quantitative estimate of drug-likeness (QED) is 0.627. The van der Waals surface area contributed by atoms with Gasteiger partial charge in [0.15, 0.2) is 5.78 Å². The highest BCUT2D eigenvalue weighted by molar-refractivity contribution is 7.12. The number of amides is 1. The first-order valence-electron chi connectivity index (χ1n) is 9.80. The summed E-state index contributed by atoms with van der Waals surface area (Å²) in [6.45, 7) is 4.08. The van der Waals surface area contributed by atoms with Gasteiger partial charge in [-0.15, -0.1) is 11.3 Å². The number of carbonyl (C=O) groups excluding carboxylic acids is 2. The predicted octanol–water partition coefficient (Wildman–Crippen LogP) is 3.99. The van der Waals surface area contributed by atoms with Gasteiger partial charge in [-0.25, -0.2) is 4.68 Å². The van der Waals surface area contributed by atoms with E-state index in [0.717, 1.165) is 54.3 Å². The highest BCUT2D eigenvalue weighted by atomic mass is 32.1. The molecule has 1 unspecified atom stereocenters. The Balaban J connectivity index is 1.37. The molecule has 1 atom stereocenters. The van der Waals surface area contributed by atoms with E-state index >= 15 is 0 Å². The molecule has 1 aromatic carbocycles. The number of piperidine rings is 1. The number of nitrogens with one attached hydrogen (secondary N) is 1. The van der Waals surface area contributed by atoms with Crippen LogP contribution >= 0.6 is 11.3 Å². The van der Waals surface area contributed by atoms with E-state index in [1.807, 2.05) is 48.0 Å². The summed E-state index contributed by atoms with van der Waals surface area (Å²) >= 11 is 1.49. The smallest absolute Gasteiger partial charge is 0.228 e. The third-order valence-electron chi connectivity index (χ3n) is 5.17. The molecule has 1 aliphatic rings. The number of carbonyl (C=O) groups is 2. The maximum Gasteiger partial charge on any atom is 0.228 e. The van der Waals surface area contributed by atoms with E-state index in [4.69, 9.17) is 0 Å². The maximum absolute atomic E-state index is 12.9. The molecule has 150 valence electrons. The van der Waals surface area contributed by atoms with E-state index in [1.54, 1.807) is 17.8 Å². The second-order valence-corrected chi connectivity index (χ2v) is 8.35. The van der Waals surface area contributed by atoms with Crippen LogP contribution < -0.4 is 5.32 Å². The molecule has 0 aliphatic carbocycles. The number of benzene rings is 1. The van der Waals surface area contributed by atoms with Crippen LogP contribution in [0, 0.1) is 5.92 Å². The summed E-state index contributed by atoms with van der Waals surface area (Å²) in [7, 11) is 0. The van der Waals surface area contributed by atoms with Crippen LogP contribution in [0.15, 0.2) is 54.2 Å². The van der Waals surface area contributed by atoms with Crippen LogP contribution in [0.25, 0.3) is 5.69 Å². The Morgan fingerprint density at radius 2 is 2.17 bits per heavy atom. The van der Waals surface area contributed by atoms with E-state index in [-0.39, 0.29) is 17.6 Å². The van der Waals surface area contributed by atoms with Crippen molar-refractivity contribution in [2.24, 2.45) is 5.92 Å². The molecule has 29 heavy (non-hydrogen) atoms. The van der Waals surface area contributed by atoms with Crippen molar-refractivity contribution >= 4 is 28.7 Å². The number of anilines is 1. The standard InChI is InChI=1S/C22H24N4O2S/c1-16(27)21-11-17(15-29-21)13-25-9-3-5-18(14-25)22(28)24-19-6-2-7-20(12-19)26-10-4-8-23-26/h2,4,6-8,10-12,15,18H,3,5,9,13-14H2,1H3,(H,24,28). The summed E-state index contributed by atoms with van der Waals surface area (Å²) in [6.07, 6.45) is 5.50. The molecule has 1 aliphatic heterocycles. The fourth-order valence-electron chi connectivity index (χ4n) is 3.71. The first-order chi connectivity index (χ1) is 14.1. The molecule has 6 nitrogen and oxygen atoms in total. The Bertz CT molecular complexity index is 996. The van der Waals surface area contributed by atoms with Crippen LogP contribution in [-0.4, -0.2) is 39.5 Å². The summed E-state index contributed by atoms with van der Waals surface area (Å²) in [6, 6.07) is 11.6. The van der Waals surface area contributed by atoms with Gasteiger partial charge in [0.2, 0.25) is 5.91 Å². The summed E-state index contributed by atoms with van der Waals surface area (Å²) < 4.78 is 1.77. The van der Waals surface area contributed by atoms with Gasteiger partial charge in [-0.3, -0.25) is 14.5 Å². The van der Waals surface area contributed by atoms with Gasteiger partial charge >= 0.3 is 0 Å².